The maximum Gasteiger partial charge on any atom is 0.166 e. The van der Waals surface area contributed by atoms with Gasteiger partial charge in [0.15, 0.2) is 5.79 Å². The van der Waals surface area contributed by atoms with Crippen LogP contribution in [0.1, 0.15) is 46.0 Å². The fourth-order valence-corrected chi connectivity index (χ4v) is 2.39. The predicted molar refractivity (Wildman–Crippen MR) is 57.7 cm³/mol. The number of ether oxygens (including phenoxy) is 3. The van der Waals surface area contributed by atoms with Crippen molar-refractivity contribution in [3.63, 3.8) is 0 Å². The van der Waals surface area contributed by atoms with Gasteiger partial charge in [0, 0.05) is 6.42 Å². The van der Waals surface area contributed by atoms with Gasteiger partial charge in [0.1, 0.15) is 12.2 Å². The highest BCUT2D eigenvalue weighted by Crippen LogP contribution is 2.35. The number of fused-ring (bicyclic) bond motifs is 1. The number of unbranched alkanes of at least 4 members (excludes halogenated alkanes) is 3. The molecule has 3 nitrogen and oxygen atoms in total. The molecule has 0 saturated carbocycles. The molecule has 0 aromatic heterocycles. The molecule has 0 radical (unpaired) electrons. The topological polar surface area (TPSA) is 27.7 Å². The Morgan fingerprint density at radius 3 is 2.33 bits per heavy atom. The molecule has 15 heavy (non-hydrogen) atoms. The van der Waals surface area contributed by atoms with Crippen LogP contribution in [0.15, 0.2) is 0 Å². The molecule has 2 heterocycles. The summed E-state index contributed by atoms with van der Waals surface area (Å²) in [6, 6.07) is 0. The Labute approximate surface area is 92.1 Å². The van der Waals surface area contributed by atoms with Crippen molar-refractivity contribution in [3.8, 4) is 0 Å². The number of hydrogen-bond donors (Lipinski definition) is 0. The average molecular weight is 214 g/mol. The molecule has 2 aliphatic heterocycles. The summed E-state index contributed by atoms with van der Waals surface area (Å²) >= 11 is 0. The van der Waals surface area contributed by atoms with Crippen molar-refractivity contribution < 1.29 is 14.2 Å². The van der Waals surface area contributed by atoms with E-state index in [2.05, 4.69) is 13.8 Å². The molecule has 0 aromatic carbocycles. The van der Waals surface area contributed by atoms with Gasteiger partial charge in [-0.3, -0.25) is 0 Å². The molecule has 0 aromatic rings. The third kappa shape index (κ3) is 2.71. The fourth-order valence-electron chi connectivity index (χ4n) is 2.39. The first-order valence-corrected chi connectivity index (χ1v) is 6.17. The normalized spacial score (nSPS) is 39.6. The van der Waals surface area contributed by atoms with Crippen molar-refractivity contribution in [2.24, 2.45) is 0 Å². The van der Waals surface area contributed by atoms with Gasteiger partial charge in [-0.1, -0.05) is 26.2 Å². The minimum atomic E-state index is -0.340. The molecule has 2 fully saturated rings. The zero-order valence-corrected chi connectivity index (χ0v) is 9.83. The van der Waals surface area contributed by atoms with Gasteiger partial charge >= 0.3 is 0 Å². The van der Waals surface area contributed by atoms with E-state index in [1.165, 1.54) is 25.7 Å². The zero-order valence-electron chi connectivity index (χ0n) is 9.83. The van der Waals surface area contributed by atoms with E-state index >= 15 is 0 Å². The van der Waals surface area contributed by atoms with Crippen molar-refractivity contribution in [2.75, 3.05) is 13.2 Å². The van der Waals surface area contributed by atoms with E-state index in [-0.39, 0.29) is 18.0 Å². The van der Waals surface area contributed by atoms with Gasteiger partial charge in [0.05, 0.1) is 13.2 Å². The number of rotatable bonds is 5. The molecule has 0 bridgehead atoms. The first-order valence-electron chi connectivity index (χ1n) is 6.17. The SMILES string of the molecule is CCCCCCC1(C)OC2COCC2O1. The molecule has 0 amide bonds. The Kier molecular flexibility index (Phi) is 3.65. The maximum atomic E-state index is 5.91. The second kappa shape index (κ2) is 4.81. The van der Waals surface area contributed by atoms with Gasteiger partial charge in [-0.15, -0.1) is 0 Å². The lowest BCUT2D eigenvalue weighted by atomic mass is 10.1. The summed E-state index contributed by atoms with van der Waals surface area (Å²) in [6.45, 7) is 5.70. The van der Waals surface area contributed by atoms with E-state index in [1.54, 1.807) is 0 Å². The van der Waals surface area contributed by atoms with Crippen LogP contribution in [0.25, 0.3) is 0 Å². The Bertz CT molecular complexity index is 193. The molecule has 2 unspecified atom stereocenters. The molecule has 0 N–H and O–H groups in total. The van der Waals surface area contributed by atoms with Crippen LogP contribution < -0.4 is 0 Å². The first-order chi connectivity index (χ1) is 7.23. The van der Waals surface area contributed by atoms with Crippen LogP contribution in [-0.2, 0) is 14.2 Å². The summed E-state index contributed by atoms with van der Waals surface area (Å²) in [4.78, 5) is 0. The highest BCUT2D eigenvalue weighted by molar-refractivity contribution is 4.87. The summed E-state index contributed by atoms with van der Waals surface area (Å²) in [5.41, 5.74) is 0. The van der Waals surface area contributed by atoms with E-state index in [0.717, 1.165) is 6.42 Å². The summed E-state index contributed by atoms with van der Waals surface area (Å²) in [6.07, 6.45) is 6.45. The van der Waals surface area contributed by atoms with E-state index < -0.39 is 0 Å². The fraction of sp³-hybridized carbons (Fsp3) is 1.00. The average Bonchev–Trinajstić information content (AvgIpc) is 2.71. The van der Waals surface area contributed by atoms with E-state index in [1.807, 2.05) is 0 Å². The van der Waals surface area contributed by atoms with Crippen molar-refractivity contribution in [1.82, 2.24) is 0 Å². The highest BCUT2D eigenvalue weighted by Gasteiger charge is 2.46. The maximum absolute atomic E-state index is 5.91. The Morgan fingerprint density at radius 2 is 1.73 bits per heavy atom. The zero-order chi connectivity index (χ0) is 10.7. The molecule has 2 saturated heterocycles. The second-order valence-electron chi connectivity index (χ2n) is 4.79. The lowest BCUT2D eigenvalue weighted by Crippen LogP contribution is -2.28. The van der Waals surface area contributed by atoms with Crippen LogP contribution >= 0.6 is 0 Å². The monoisotopic (exact) mass is 214 g/mol. The quantitative estimate of drug-likeness (QED) is 0.658. The standard InChI is InChI=1S/C12H22O3/c1-3-4-5-6-7-12(2)14-10-8-13-9-11(10)15-12/h10-11H,3-9H2,1-2H3. The van der Waals surface area contributed by atoms with Gasteiger partial charge in [0.25, 0.3) is 0 Å². The molecule has 88 valence electrons. The van der Waals surface area contributed by atoms with E-state index in [0.29, 0.717) is 13.2 Å². The van der Waals surface area contributed by atoms with Gasteiger partial charge in [-0.2, -0.15) is 0 Å². The molecular formula is C12H22O3. The van der Waals surface area contributed by atoms with Gasteiger partial charge in [0.2, 0.25) is 0 Å². The highest BCUT2D eigenvalue weighted by atomic mass is 16.8. The Hall–Kier alpha value is -0.120. The number of hydrogen-bond acceptors (Lipinski definition) is 3. The third-order valence-electron chi connectivity index (χ3n) is 3.26. The summed E-state index contributed by atoms with van der Waals surface area (Å²) in [5, 5.41) is 0. The van der Waals surface area contributed by atoms with Gasteiger partial charge < -0.3 is 14.2 Å². The van der Waals surface area contributed by atoms with Gasteiger partial charge in [-0.05, 0) is 13.3 Å². The van der Waals surface area contributed by atoms with Crippen molar-refractivity contribution in [2.45, 2.75) is 63.9 Å². The molecule has 2 rings (SSSR count). The van der Waals surface area contributed by atoms with Crippen LogP contribution in [0.3, 0.4) is 0 Å². The lowest BCUT2D eigenvalue weighted by molar-refractivity contribution is -0.182. The Balaban J connectivity index is 1.72. The largest absolute Gasteiger partial charge is 0.376 e. The van der Waals surface area contributed by atoms with Crippen molar-refractivity contribution >= 4 is 0 Å². The summed E-state index contributed by atoms with van der Waals surface area (Å²) in [7, 11) is 0. The summed E-state index contributed by atoms with van der Waals surface area (Å²) < 4.78 is 17.1. The summed E-state index contributed by atoms with van der Waals surface area (Å²) in [5.74, 6) is -0.340. The van der Waals surface area contributed by atoms with Crippen LogP contribution in [0.4, 0.5) is 0 Å². The predicted octanol–water partition coefficient (Wildman–Crippen LogP) is 2.49. The van der Waals surface area contributed by atoms with Gasteiger partial charge in [-0.25, -0.2) is 0 Å². The van der Waals surface area contributed by atoms with Crippen molar-refractivity contribution in [1.29, 1.82) is 0 Å². The Morgan fingerprint density at radius 1 is 1.07 bits per heavy atom. The molecule has 0 spiro atoms. The molecule has 3 heteroatoms. The minimum Gasteiger partial charge on any atom is -0.376 e. The van der Waals surface area contributed by atoms with Crippen LogP contribution in [-0.4, -0.2) is 31.2 Å². The van der Waals surface area contributed by atoms with Crippen LogP contribution in [0, 0.1) is 0 Å². The van der Waals surface area contributed by atoms with E-state index in [4.69, 9.17) is 14.2 Å². The smallest absolute Gasteiger partial charge is 0.166 e. The van der Waals surface area contributed by atoms with Crippen LogP contribution in [0.2, 0.25) is 0 Å². The molecular weight excluding hydrogens is 192 g/mol. The first kappa shape index (κ1) is 11.4. The molecule has 2 atom stereocenters. The minimum absolute atomic E-state index is 0.182. The lowest BCUT2D eigenvalue weighted by Gasteiger charge is -2.24. The second-order valence-corrected chi connectivity index (χ2v) is 4.79. The van der Waals surface area contributed by atoms with E-state index in [9.17, 15) is 0 Å². The van der Waals surface area contributed by atoms with Crippen LogP contribution in [0.5, 0.6) is 0 Å². The molecule has 0 aliphatic carbocycles. The molecule has 2 aliphatic rings. The van der Waals surface area contributed by atoms with Crippen molar-refractivity contribution in [3.05, 3.63) is 0 Å². The third-order valence-corrected chi connectivity index (χ3v) is 3.26.